The van der Waals surface area contributed by atoms with Crippen LogP contribution in [0, 0.1) is 5.41 Å². The van der Waals surface area contributed by atoms with Gasteiger partial charge in [0.05, 0.1) is 0 Å². The van der Waals surface area contributed by atoms with Crippen LogP contribution in [0.3, 0.4) is 0 Å². The summed E-state index contributed by atoms with van der Waals surface area (Å²) in [6.45, 7) is 1.94. The molecule has 98 valence electrons. The molecule has 1 atom stereocenters. The average Bonchev–Trinajstić information content (AvgIpc) is 2.39. The SMILES string of the molecule is CC(N)CC(=N)Cc1ccc(-c2ccccc2)cc1. The van der Waals surface area contributed by atoms with E-state index in [4.69, 9.17) is 11.1 Å². The van der Waals surface area contributed by atoms with E-state index in [1.807, 2.05) is 25.1 Å². The smallest absolute Gasteiger partial charge is 0.0148 e. The molecule has 0 spiro atoms. The predicted molar refractivity (Wildman–Crippen MR) is 81.6 cm³/mol. The highest BCUT2D eigenvalue weighted by Crippen LogP contribution is 2.19. The van der Waals surface area contributed by atoms with E-state index in [-0.39, 0.29) is 6.04 Å². The lowest BCUT2D eigenvalue weighted by atomic mass is 10.00. The van der Waals surface area contributed by atoms with Crippen LogP contribution in [0.2, 0.25) is 0 Å². The quantitative estimate of drug-likeness (QED) is 0.784. The van der Waals surface area contributed by atoms with E-state index < -0.39 is 0 Å². The summed E-state index contributed by atoms with van der Waals surface area (Å²) in [6, 6.07) is 18.8. The molecule has 0 aliphatic heterocycles. The normalized spacial score (nSPS) is 12.1. The van der Waals surface area contributed by atoms with Crippen molar-refractivity contribution in [2.75, 3.05) is 0 Å². The highest BCUT2D eigenvalue weighted by molar-refractivity contribution is 5.84. The summed E-state index contributed by atoms with van der Waals surface area (Å²) in [7, 11) is 0. The van der Waals surface area contributed by atoms with Crippen LogP contribution in [0.1, 0.15) is 18.9 Å². The maximum Gasteiger partial charge on any atom is 0.0148 e. The second-order valence-corrected chi connectivity index (χ2v) is 5.02. The van der Waals surface area contributed by atoms with Crippen molar-refractivity contribution < 1.29 is 0 Å². The van der Waals surface area contributed by atoms with Crippen molar-refractivity contribution in [3.05, 3.63) is 60.2 Å². The number of nitrogens with two attached hydrogens (primary N) is 1. The summed E-state index contributed by atoms with van der Waals surface area (Å²) >= 11 is 0. The lowest BCUT2D eigenvalue weighted by Gasteiger charge is -2.08. The van der Waals surface area contributed by atoms with Gasteiger partial charge in [0.2, 0.25) is 0 Å². The first-order valence-corrected chi connectivity index (χ1v) is 6.61. The van der Waals surface area contributed by atoms with Gasteiger partial charge in [0.15, 0.2) is 0 Å². The second kappa shape index (κ2) is 6.30. The summed E-state index contributed by atoms with van der Waals surface area (Å²) in [6.07, 6.45) is 1.36. The van der Waals surface area contributed by atoms with Gasteiger partial charge in [-0.05, 0) is 23.6 Å². The fraction of sp³-hybridized carbons (Fsp3) is 0.235. The monoisotopic (exact) mass is 252 g/mol. The number of rotatable bonds is 5. The molecule has 0 fully saturated rings. The Morgan fingerprint density at radius 3 is 2.16 bits per heavy atom. The first-order chi connectivity index (χ1) is 9.15. The molecule has 0 radical (unpaired) electrons. The van der Waals surface area contributed by atoms with E-state index in [0.29, 0.717) is 18.6 Å². The predicted octanol–water partition coefficient (Wildman–Crippen LogP) is 3.65. The van der Waals surface area contributed by atoms with E-state index in [1.54, 1.807) is 0 Å². The molecule has 1 unspecified atom stereocenters. The highest BCUT2D eigenvalue weighted by Gasteiger charge is 2.03. The molecule has 0 aliphatic rings. The van der Waals surface area contributed by atoms with Gasteiger partial charge in [-0.15, -0.1) is 0 Å². The molecule has 3 N–H and O–H groups in total. The van der Waals surface area contributed by atoms with Crippen LogP contribution in [-0.4, -0.2) is 11.8 Å². The van der Waals surface area contributed by atoms with E-state index in [0.717, 1.165) is 0 Å². The van der Waals surface area contributed by atoms with Crippen LogP contribution in [0.4, 0.5) is 0 Å². The molecule has 19 heavy (non-hydrogen) atoms. The van der Waals surface area contributed by atoms with Crippen molar-refractivity contribution in [1.29, 1.82) is 5.41 Å². The molecular formula is C17H20N2. The van der Waals surface area contributed by atoms with Gasteiger partial charge in [0.1, 0.15) is 0 Å². The standard InChI is InChI=1S/C17H20N2/c1-13(18)11-17(19)12-14-7-9-16(10-8-14)15-5-3-2-4-6-15/h2-10,13,19H,11-12,18H2,1H3. The van der Waals surface area contributed by atoms with Crippen molar-refractivity contribution in [1.82, 2.24) is 0 Å². The summed E-state index contributed by atoms with van der Waals surface area (Å²) in [4.78, 5) is 0. The first kappa shape index (κ1) is 13.5. The molecule has 0 saturated carbocycles. The van der Waals surface area contributed by atoms with Crippen molar-refractivity contribution in [2.45, 2.75) is 25.8 Å². The van der Waals surface area contributed by atoms with Gasteiger partial charge in [0.25, 0.3) is 0 Å². The van der Waals surface area contributed by atoms with Crippen LogP contribution >= 0.6 is 0 Å². The Hall–Kier alpha value is -1.93. The molecule has 2 aromatic rings. The highest BCUT2D eigenvalue weighted by atomic mass is 14.6. The molecule has 0 saturated heterocycles. The number of nitrogens with one attached hydrogen (secondary N) is 1. The third-order valence-electron chi connectivity index (χ3n) is 3.05. The minimum absolute atomic E-state index is 0.0658. The summed E-state index contributed by atoms with van der Waals surface area (Å²) in [5, 5.41) is 7.89. The number of benzene rings is 2. The van der Waals surface area contributed by atoms with Gasteiger partial charge >= 0.3 is 0 Å². The topological polar surface area (TPSA) is 49.9 Å². The van der Waals surface area contributed by atoms with Gasteiger partial charge in [-0.25, -0.2) is 0 Å². The van der Waals surface area contributed by atoms with E-state index >= 15 is 0 Å². The molecular weight excluding hydrogens is 232 g/mol. The molecule has 2 rings (SSSR count). The van der Waals surface area contributed by atoms with Gasteiger partial charge in [0, 0.05) is 24.6 Å². The summed E-state index contributed by atoms with van der Waals surface area (Å²) < 4.78 is 0. The molecule has 0 amide bonds. The van der Waals surface area contributed by atoms with Crippen LogP contribution in [0.5, 0.6) is 0 Å². The van der Waals surface area contributed by atoms with Crippen LogP contribution in [0.25, 0.3) is 11.1 Å². The Labute approximate surface area is 114 Å². The maximum atomic E-state index is 7.89. The van der Waals surface area contributed by atoms with Gasteiger partial charge in [-0.2, -0.15) is 0 Å². The lowest BCUT2D eigenvalue weighted by molar-refractivity contribution is 0.769. The second-order valence-electron chi connectivity index (χ2n) is 5.02. The lowest BCUT2D eigenvalue weighted by Crippen LogP contribution is -2.20. The number of hydrogen-bond acceptors (Lipinski definition) is 2. The Balaban J connectivity index is 2.05. The number of hydrogen-bond donors (Lipinski definition) is 2. The van der Waals surface area contributed by atoms with Crippen molar-refractivity contribution in [3.63, 3.8) is 0 Å². The summed E-state index contributed by atoms with van der Waals surface area (Å²) in [5.41, 5.74) is 10.0. The molecule has 0 bridgehead atoms. The van der Waals surface area contributed by atoms with Crippen LogP contribution < -0.4 is 5.73 Å². The van der Waals surface area contributed by atoms with Gasteiger partial charge in [-0.1, -0.05) is 54.6 Å². The minimum atomic E-state index is 0.0658. The Kier molecular flexibility index (Phi) is 4.48. The zero-order valence-electron chi connectivity index (χ0n) is 11.3. The van der Waals surface area contributed by atoms with Gasteiger partial charge < -0.3 is 11.1 Å². The third kappa shape index (κ3) is 4.04. The van der Waals surface area contributed by atoms with Crippen molar-refractivity contribution in [2.24, 2.45) is 5.73 Å². The van der Waals surface area contributed by atoms with E-state index in [1.165, 1.54) is 16.7 Å². The molecule has 2 nitrogen and oxygen atoms in total. The largest absolute Gasteiger partial charge is 0.328 e. The Morgan fingerprint density at radius 2 is 1.58 bits per heavy atom. The molecule has 2 heteroatoms. The van der Waals surface area contributed by atoms with Gasteiger partial charge in [-0.3, -0.25) is 0 Å². The average molecular weight is 252 g/mol. The third-order valence-corrected chi connectivity index (χ3v) is 3.05. The maximum absolute atomic E-state index is 7.89. The van der Waals surface area contributed by atoms with Crippen LogP contribution in [0.15, 0.2) is 54.6 Å². The Morgan fingerprint density at radius 1 is 1.00 bits per heavy atom. The minimum Gasteiger partial charge on any atom is -0.328 e. The fourth-order valence-electron chi connectivity index (χ4n) is 2.15. The fourth-order valence-corrected chi connectivity index (χ4v) is 2.15. The first-order valence-electron chi connectivity index (χ1n) is 6.61. The zero-order valence-corrected chi connectivity index (χ0v) is 11.3. The van der Waals surface area contributed by atoms with E-state index in [2.05, 4.69) is 36.4 Å². The van der Waals surface area contributed by atoms with E-state index in [9.17, 15) is 0 Å². The van der Waals surface area contributed by atoms with Crippen LogP contribution in [-0.2, 0) is 6.42 Å². The Bertz CT molecular complexity index is 527. The zero-order chi connectivity index (χ0) is 13.7. The van der Waals surface area contributed by atoms with Crippen molar-refractivity contribution >= 4 is 5.71 Å². The molecule has 0 heterocycles. The van der Waals surface area contributed by atoms with Crippen molar-refractivity contribution in [3.8, 4) is 11.1 Å². The molecule has 2 aromatic carbocycles. The summed E-state index contributed by atoms with van der Waals surface area (Å²) in [5.74, 6) is 0. The molecule has 0 aromatic heterocycles. The molecule has 0 aliphatic carbocycles.